The van der Waals surface area contributed by atoms with Gasteiger partial charge in [0, 0.05) is 12.0 Å². The molecule has 152 valence electrons. The Kier molecular flexibility index (Phi) is 9.46. The highest BCUT2D eigenvalue weighted by Crippen LogP contribution is 2.22. The third-order valence-electron chi connectivity index (χ3n) is 4.71. The normalized spacial score (nSPS) is 11.8. The second-order valence-corrected chi connectivity index (χ2v) is 7.23. The molecule has 0 fully saturated rings. The van der Waals surface area contributed by atoms with Crippen molar-refractivity contribution in [2.24, 2.45) is 5.92 Å². The molecule has 1 aromatic carbocycles. The van der Waals surface area contributed by atoms with Crippen molar-refractivity contribution in [2.75, 3.05) is 6.61 Å². The first-order chi connectivity index (χ1) is 13.6. The lowest BCUT2D eigenvalue weighted by Gasteiger charge is -2.10. The second-order valence-electron chi connectivity index (χ2n) is 7.23. The lowest BCUT2D eigenvalue weighted by Crippen LogP contribution is -2.08. The molecule has 1 atom stereocenters. The van der Waals surface area contributed by atoms with Crippen LogP contribution in [0, 0.1) is 5.92 Å². The zero-order valence-corrected chi connectivity index (χ0v) is 17.3. The molecular formula is C23H32N2O3. The molecule has 28 heavy (non-hydrogen) atoms. The average Bonchev–Trinajstić information content (AvgIpc) is 2.73. The van der Waals surface area contributed by atoms with Crippen molar-refractivity contribution in [3.8, 4) is 22.9 Å². The fourth-order valence-electron chi connectivity index (χ4n) is 2.63. The van der Waals surface area contributed by atoms with Crippen molar-refractivity contribution in [3.05, 3.63) is 36.7 Å². The van der Waals surface area contributed by atoms with E-state index >= 15 is 0 Å². The number of esters is 1. The van der Waals surface area contributed by atoms with Gasteiger partial charge in [-0.15, -0.1) is 0 Å². The molecule has 0 bridgehead atoms. The summed E-state index contributed by atoms with van der Waals surface area (Å²) in [6, 6.07) is 7.35. The van der Waals surface area contributed by atoms with Crippen LogP contribution in [0.15, 0.2) is 36.7 Å². The molecule has 2 aromatic rings. The highest BCUT2D eigenvalue weighted by Gasteiger charge is 2.07. The predicted octanol–water partition coefficient (Wildman–Crippen LogP) is 5.83. The molecule has 2 rings (SSSR count). The number of carbonyl (C=O) groups is 1. The van der Waals surface area contributed by atoms with Gasteiger partial charge in [-0.3, -0.25) is 4.79 Å². The maximum atomic E-state index is 11.9. The first-order valence-electron chi connectivity index (χ1n) is 10.4. The molecule has 0 saturated carbocycles. The van der Waals surface area contributed by atoms with E-state index in [-0.39, 0.29) is 5.97 Å². The van der Waals surface area contributed by atoms with Crippen LogP contribution in [0.3, 0.4) is 0 Å². The summed E-state index contributed by atoms with van der Waals surface area (Å²) in [7, 11) is 0. The van der Waals surface area contributed by atoms with Gasteiger partial charge in [0.05, 0.1) is 24.7 Å². The summed E-state index contributed by atoms with van der Waals surface area (Å²) in [6.07, 6.45) is 10.5. The molecule has 5 nitrogen and oxygen atoms in total. The van der Waals surface area contributed by atoms with E-state index in [2.05, 4.69) is 30.7 Å². The third-order valence-corrected chi connectivity index (χ3v) is 4.71. The van der Waals surface area contributed by atoms with E-state index in [9.17, 15) is 4.79 Å². The number of aromatic nitrogens is 2. The summed E-state index contributed by atoms with van der Waals surface area (Å²) in [4.78, 5) is 20.6. The van der Waals surface area contributed by atoms with E-state index in [0.717, 1.165) is 30.5 Å². The Balaban J connectivity index is 1.82. The van der Waals surface area contributed by atoms with Gasteiger partial charge in [-0.05, 0) is 36.6 Å². The highest BCUT2D eigenvalue weighted by atomic mass is 16.5. The van der Waals surface area contributed by atoms with Gasteiger partial charge in [0.25, 0.3) is 0 Å². The molecule has 1 heterocycles. The van der Waals surface area contributed by atoms with Crippen LogP contribution in [0.5, 0.6) is 11.6 Å². The van der Waals surface area contributed by atoms with Crippen LogP contribution in [0.25, 0.3) is 11.3 Å². The van der Waals surface area contributed by atoms with Gasteiger partial charge in [0.2, 0.25) is 5.88 Å². The predicted molar refractivity (Wildman–Crippen MR) is 111 cm³/mol. The SMILES string of the molecule is CCCCCCCC(=O)Oc1ccc(-c2cnc(OC[C@@H](C)CC)cn2)cc1. The van der Waals surface area contributed by atoms with Crippen molar-refractivity contribution in [2.45, 2.75) is 65.7 Å². The first-order valence-corrected chi connectivity index (χ1v) is 10.4. The zero-order chi connectivity index (χ0) is 20.2. The molecule has 0 saturated heterocycles. The number of nitrogens with zero attached hydrogens (tertiary/aromatic N) is 2. The third kappa shape index (κ3) is 7.67. The molecule has 0 aliphatic carbocycles. The summed E-state index contributed by atoms with van der Waals surface area (Å²) in [5, 5.41) is 0. The minimum absolute atomic E-state index is 0.174. The summed E-state index contributed by atoms with van der Waals surface area (Å²) >= 11 is 0. The average molecular weight is 385 g/mol. The summed E-state index contributed by atoms with van der Waals surface area (Å²) in [5.41, 5.74) is 1.67. The zero-order valence-electron chi connectivity index (χ0n) is 17.3. The van der Waals surface area contributed by atoms with E-state index in [1.807, 2.05) is 12.1 Å². The Morgan fingerprint density at radius 2 is 1.75 bits per heavy atom. The quantitative estimate of drug-likeness (QED) is 0.261. The first kappa shape index (κ1) is 21.9. The largest absolute Gasteiger partial charge is 0.476 e. The standard InChI is InChI=1S/C23H32N2O3/c1-4-6-7-8-9-10-23(26)28-20-13-11-19(12-14-20)21-15-25-22(16-24-21)27-17-18(3)5-2/h11-16,18H,4-10,17H2,1-3H3/t18-/m0/s1. The number of carbonyl (C=O) groups excluding carboxylic acids is 1. The Hall–Kier alpha value is -2.43. The Labute approximate surface area is 168 Å². The van der Waals surface area contributed by atoms with Crippen LogP contribution >= 0.6 is 0 Å². The molecule has 0 aliphatic heterocycles. The van der Waals surface area contributed by atoms with Gasteiger partial charge in [0.15, 0.2) is 0 Å². The van der Waals surface area contributed by atoms with Gasteiger partial charge in [-0.25, -0.2) is 9.97 Å². The maximum absolute atomic E-state index is 11.9. The molecule has 0 aliphatic rings. The monoisotopic (exact) mass is 384 g/mol. The number of benzene rings is 1. The minimum Gasteiger partial charge on any atom is -0.476 e. The van der Waals surface area contributed by atoms with Gasteiger partial charge in [-0.2, -0.15) is 0 Å². The number of rotatable bonds is 12. The second kappa shape index (κ2) is 12.1. The van der Waals surface area contributed by atoms with Crippen LogP contribution in [0.2, 0.25) is 0 Å². The number of hydrogen-bond acceptors (Lipinski definition) is 5. The van der Waals surface area contributed by atoms with Crippen molar-refractivity contribution in [3.63, 3.8) is 0 Å². The molecule has 5 heteroatoms. The van der Waals surface area contributed by atoms with Crippen LogP contribution in [-0.2, 0) is 4.79 Å². The Bertz CT molecular complexity index is 699. The maximum Gasteiger partial charge on any atom is 0.311 e. The molecule has 0 spiro atoms. The minimum atomic E-state index is -0.174. The molecule has 1 aromatic heterocycles. The molecule has 0 amide bonds. The Morgan fingerprint density at radius 3 is 2.39 bits per heavy atom. The smallest absolute Gasteiger partial charge is 0.311 e. The van der Waals surface area contributed by atoms with Gasteiger partial charge in [0.1, 0.15) is 5.75 Å². The van der Waals surface area contributed by atoms with E-state index < -0.39 is 0 Å². The number of ether oxygens (including phenoxy) is 2. The lowest BCUT2D eigenvalue weighted by molar-refractivity contribution is -0.134. The van der Waals surface area contributed by atoms with E-state index in [0.29, 0.717) is 30.6 Å². The van der Waals surface area contributed by atoms with Gasteiger partial charge in [-0.1, -0.05) is 52.9 Å². The van der Waals surface area contributed by atoms with Crippen LogP contribution in [0.1, 0.15) is 65.7 Å². The van der Waals surface area contributed by atoms with E-state index in [1.165, 1.54) is 19.3 Å². The molecular weight excluding hydrogens is 352 g/mol. The molecule has 0 radical (unpaired) electrons. The number of unbranched alkanes of at least 4 members (excludes halogenated alkanes) is 4. The van der Waals surface area contributed by atoms with Gasteiger partial charge >= 0.3 is 5.97 Å². The fourth-order valence-corrected chi connectivity index (χ4v) is 2.63. The summed E-state index contributed by atoms with van der Waals surface area (Å²) < 4.78 is 11.0. The van der Waals surface area contributed by atoms with E-state index in [1.54, 1.807) is 24.5 Å². The lowest BCUT2D eigenvalue weighted by atomic mass is 10.1. The molecule has 0 unspecified atom stereocenters. The summed E-state index contributed by atoms with van der Waals surface area (Å²) in [6.45, 7) is 7.10. The van der Waals surface area contributed by atoms with Crippen molar-refractivity contribution in [1.29, 1.82) is 0 Å². The Morgan fingerprint density at radius 1 is 1.00 bits per heavy atom. The number of hydrogen-bond donors (Lipinski definition) is 0. The molecule has 0 N–H and O–H groups in total. The fraction of sp³-hybridized carbons (Fsp3) is 0.522. The van der Waals surface area contributed by atoms with Gasteiger partial charge < -0.3 is 9.47 Å². The topological polar surface area (TPSA) is 61.3 Å². The van der Waals surface area contributed by atoms with Crippen molar-refractivity contribution >= 4 is 5.97 Å². The van der Waals surface area contributed by atoms with Crippen LogP contribution in [-0.4, -0.2) is 22.5 Å². The van der Waals surface area contributed by atoms with Crippen LogP contribution < -0.4 is 9.47 Å². The van der Waals surface area contributed by atoms with Crippen LogP contribution in [0.4, 0.5) is 0 Å². The van der Waals surface area contributed by atoms with Crippen molar-refractivity contribution < 1.29 is 14.3 Å². The van der Waals surface area contributed by atoms with Crippen molar-refractivity contribution in [1.82, 2.24) is 9.97 Å². The summed E-state index contributed by atoms with van der Waals surface area (Å²) in [5.74, 6) is 1.41. The van der Waals surface area contributed by atoms with E-state index in [4.69, 9.17) is 9.47 Å². The highest BCUT2D eigenvalue weighted by molar-refractivity contribution is 5.72.